The number of nitrogens with zero attached hydrogens (tertiary/aromatic N) is 2. The van der Waals surface area contributed by atoms with E-state index in [1.165, 1.54) is 33.4 Å². The van der Waals surface area contributed by atoms with E-state index in [0.29, 0.717) is 0 Å². The summed E-state index contributed by atoms with van der Waals surface area (Å²) in [6, 6.07) is 86.7. The minimum absolute atomic E-state index is 0.272. The van der Waals surface area contributed by atoms with Gasteiger partial charge in [0.25, 0.3) is 0 Å². The number of benzene rings is 9. The highest BCUT2D eigenvalue weighted by molar-refractivity contribution is 5.83. The van der Waals surface area contributed by atoms with Crippen LogP contribution in [0.3, 0.4) is 0 Å². The molecule has 0 saturated heterocycles. The van der Waals surface area contributed by atoms with Crippen molar-refractivity contribution in [2.24, 2.45) is 0 Å². The summed E-state index contributed by atoms with van der Waals surface area (Å²) in [4.78, 5) is 4.64. The first-order chi connectivity index (χ1) is 33.7. The second-order valence-corrected chi connectivity index (χ2v) is 17.0. The number of para-hydroxylation sites is 2. The van der Waals surface area contributed by atoms with Crippen LogP contribution in [0, 0.1) is 0 Å². The summed E-state index contributed by atoms with van der Waals surface area (Å²) in [6.07, 6.45) is 16.3. The van der Waals surface area contributed by atoms with E-state index in [2.05, 4.69) is 295 Å². The highest BCUT2D eigenvalue weighted by Gasteiger charge is 2.17. The Morgan fingerprint density at radius 1 is 0.412 bits per heavy atom. The van der Waals surface area contributed by atoms with Crippen LogP contribution in [-0.4, -0.2) is 0 Å². The van der Waals surface area contributed by atoms with Gasteiger partial charge < -0.3 is 9.80 Å². The lowest BCUT2D eigenvalue weighted by atomic mass is 9.89. The Kier molecular flexibility index (Phi) is 13.1. The highest BCUT2D eigenvalue weighted by Crippen LogP contribution is 2.39. The third kappa shape index (κ3) is 9.91. The number of hydrogen-bond acceptors (Lipinski definition) is 2. The summed E-state index contributed by atoms with van der Waals surface area (Å²) in [5.74, 6) is 0.272. The van der Waals surface area contributed by atoms with Crippen molar-refractivity contribution in [3.63, 3.8) is 0 Å². The van der Waals surface area contributed by atoms with Gasteiger partial charge in [-0.2, -0.15) is 0 Å². The number of allylic oxidation sites excluding steroid dienone is 9. The van der Waals surface area contributed by atoms with Gasteiger partial charge >= 0.3 is 0 Å². The van der Waals surface area contributed by atoms with Crippen LogP contribution in [0.2, 0.25) is 0 Å². The van der Waals surface area contributed by atoms with Crippen molar-refractivity contribution in [1.82, 2.24) is 0 Å². The summed E-state index contributed by atoms with van der Waals surface area (Å²) >= 11 is 0. The zero-order valence-corrected chi connectivity index (χ0v) is 38.0. The molecule has 1 aliphatic rings. The third-order valence-electron chi connectivity index (χ3n) is 12.6. The molecule has 0 aliphatic heterocycles. The van der Waals surface area contributed by atoms with E-state index in [1.54, 1.807) is 0 Å². The van der Waals surface area contributed by atoms with Gasteiger partial charge in [-0.1, -0.05) is 213 Å². The molecule has 0 amide bonds. The van der Waals surface area contributed by atoms with Gasteiger partial charge in [-0.05, 0) is 141 Å². The van der Waals surface area contributed by atoms with E-state index in [1.807, 2.05) is 6.08 Å². The molecule has 2 nitrogen and oxygen atoms in total. The predicted octanol–water partition coefficient (Wildman–Crippen LogP) is 18.4. The fraction of sp³-hybridized carbons (Fsp3) is 0.0303. The van der Waals surface area contributed by atoms with Gasteiger partial charge in [0.05, 0.1) is 0 Å². The molecule has 10 rings (SSSR count). The highest BCUT2D eigenvalue weighted by atomic mass is 15.1. The van der Waals surface area contributed by atoms with Crippen molar-refractivity contribution in [3.8, 4) is 33.4 Å². The molecule has 68 heavy (non-hydrogen) atoms. The van der Waals surface area contributed by atoms with E-state index < -0.39 is 0 Å². The summed E-state index contributed by atoms with van der Waals surface area (Å²) in [5, 5.41) is 0. The molecule has 0 N–H and O–H groups in total. The molecule has 9 aromatic rings. The normalized spacial score (nSPS) is 13.5. The molecule has 2 heteroatoms. The van der Waals surface area contributed by atoms with Crippen molar-refractivity contribution in [2.45, 2.75) is 12.3 Å². The van der Waals surface area contributed by atoms with Crippen LogP contribution < -0.4 is 9.80 Å². The van der Waals surface area contributed by atoms with Crippen molar-refractivity contribution >= 4 is 39.7 Å². The van der Waals surface area contributed by atoms with Gasteiger partial charge in [0.15, 0.2) is 0 Å². The average Bonchev–Trinajstić information content (AvgIpc) is 3.42. The van der Waals surface area contributed by atoms with Gasteiger partial charge in [0, 0.05) is 40.0 Å². The maximum atomic E-state index is 4.08. The van der Waals surface area contributed by atoms with E-state index in [4.69, 9.17) is 0 Å². The molecular weight excluding hydrogens is 821 g/mol. The molecule has 0 heterocycles. The van der Waals surface area contributed by atoms with Gasteiger partial charge in [0.1, 0.15) is 0 Å². The molecule has 1 unspecified atom stereocenters. The number of rotatable bonds is 14. The molecule has 9 aromatic carbocycles. The van der Waals surface area contributed by atoms with Crippen molar-refractivity contribution in [2.75, 3.05) is 9.80 Å². The van der Waals surface area contributed by atoms with Gasteiger partial charge in [-0.15, -0.1) is 0 Å². The molecule has 1 atom stereocenters. The minimum Gasteiger partial charge on any atom is -0.311 e. The molecule has 0 bridgehead atoms. The molecule has 1 aliphatic carbocycles. The lowest BCUT2D eigenvalue weighted by molar-refractivity contribution is 0.847. The third-order valence-corrected chi connectivity index (χ3v) is 12.6. The molecule has 0 fully saturated rings. The Bertz CT molecular complexity index is 3200. The number of anilines is 6. The first kappa shape index (κ1) is 43.2. The maximum absolute atomic E-state index is 4.08. The molecule has 0 spiro atoms. The first-order valence-corrected chi connectivity index (χ1v) is 23.4. The Labute approximate surface area is 401 Å². The summed E-state index contributed by atoms with van der Waals surface area (Å²) in [5.41, 5.74) is 18.6. The second-order valence-electron chi connectivity index (χ2n) is 17.0. The van der Waals surface area contributed by atoms with Crippen LogP contribution in [0.1, 0.15) is 23.5 Å². The summed E-state index contributed by atoms with van der Waals surface area (Å²) in [6.45, 7) is 4.08. The van der Waals surface area contributed by atoms with E-state index in [9.17, 15) is 0 Å². The Morgan fingerprint density at radius 2 is 0.809 bits per heavy atom. The Morgan fingerprint density at radius 3 is 1.28 bits per heavy atom. The lowest BCUT2D eigenvalue weighted by Gasteiger charge is -2.26. The molecule has 326 valence electrons. The van der Waals surface area contributed by atoms with Crippen molar-refractivity contribution in [1.29, 1.82) is 0 Å². The largest absolute Gasteiger partial charge is 0.311 e. The quantitative estimate of drug-likeness (QED) is 0.100. The molecule has 0 aromatic heterocycles. The molecule has 0 saturated carbocycles. The monoisotopic (exact) mass is 872 g/mol. The topological polar surface area (TPSA) is 6.48 Å². The standard InChI is InChI=1S/C66H52N2/c1-2-17-51(59-24-16-25-60(49-59)57-38-46-66(47-39-57)68(62-28-13-6-14-29-62)64-42-34-55(35-43-64)53-21-9-4-10-22-53)31-30-50-18-15-23-58(48-50)56-36-44-65(45-37-56)67(61-26-11-5-12-27-61)63-40-32-54(33-41-63)52-19-7-3-8-20-52/h2-22,24-49,58H,1,23H2/b31-30+,51-17+. The predicted molar refractivity (Wildman–Crippen MR) is 290 cm³/mol. The van der Waals surface area contributed by atoms with Crippen LogP contribution in [-0.2, 0) is 0 Å². The molecular formula is C66H52N2. The van der Waals surface area contributed by atoms with Crippen molar-refractivity contribution < 1.29 is 0 Å². The van der Waals surface area contributed by atoms with E-state index in [-0.39, 0.29) is 5.92 Å². The fourth-order valence-electron chi connectivity index (χ4n) is 9.08. The van der Waals surface area contributed by atoms with E-state index >= 15 is 0 Å². The van der Waals surface area contributed by atoms with Crippen LogP contribution in [0.15, 0.2) is 297 Å². The SMILES string of the molecule is C=C/C=C(\C=C\C1=CC(c2ccc(N(c3ccccc3)c3ccc(-c4ccccc4)cc3)cc2)CC=C1)c1cccc(-c2ccc(N(c3ccccc3)c3ccc(-c4ccccc4)cc3)cc2)c1. The minimum atomic E-state index is 0.272. The number of hydrogen-bond donors (Lipinski definition) is 0. The van der Waals surface area contributed by atoms with Crippen molar-refractivity contribution in [3.05, 3.63) is 308 Å². The first-order valence-electron chi connectivity index (χ1n) is 23.4. The second kappa shape index (κ2) is 20.6. The van der Waals surface area contributed by atoms with Crippen LogP contribution in [0.25, 0.3) is 39.0 Å². The van der Waals surface area contributed by atoms with Crippen LogP contribution >= 0.6 is 0 Å². The zero-order valence-electron chi connectivity index (χ0n) is 38.0. The average molecular weight is 873 g/mol. The maximum Gasteiger partial charge on any atom is 0.0462 e. The Hall–Kier alpha value is -8.72. The Balaban J connectivity index is 0.857. The van der Waals surface area contributed by atoms with Gasteiger partial charge in [-0.3, -0.25) is 0 Å². The summed E-state index contributed by atoms with van der Waals surface area (Å²) < 4.78 is 0. The van der Waals surface area contributed by atoms with Gasteiger partial charge in [0.2, 0.25) is 0 Å². The fourth-order valence-corrected chi connectivity index (χ4v) is 9.08. The van der Waals surface area contributed by atoms with E-state index in [0.717, 1.165) is 62.8 Å². The van der Waals surface area contributed by atoms with Crippen LogP contribution in [0.4, 0.5) is 34.1 Å². The summed E-state index contributed by atoms with van der Waals surface area (Å²) in [7, 11) is 0. The lowest BCUT2D eigenvalue weighted by Crippen LogP contribution is -2.10. The zero-order chi connectivity index (χ0) is 45.9. The van der Waals surface area contributed by atoms with Gasteiger partial charge in [-0.25, -0.2) is 0 Å². The molecule has 0 radical (unpaired) electrons. The smallest absolute Gasteiger partial charge is 0.0462 e. The van der Waals surface area contributed by atoms with Crippen LogP contribution in [0.5, 0.6) is 0 Å².